The average Bonchev–Trinajstić information content (AvgIpc) is 4.01. The maximum absolute atomic E-state index is 2.47. The number of para-hydroxylation sites is 1. The lowest BCUT2D eigenvalue weighted by Gasteiger charge is -2.27. The summed E-state index contributed by atoms with van der Waals surface area (Å²) in [7, 11) is 0. The molecule has 73 heavy (non-hydrogen) atoms. The lowest BCUT2D eigenvalue weighted by molar-refractivity contribution is 1.19. The third-order valence-electron chi connectivity index (χ3n) is 15.2. The second kappa shape index (κ2) is 16.7. The minimum atomic E-state index is 1.11. The number of hydrogen-bond donors (Lipinski definition) is 0. The maximum atomic E-state index is 2.47. The van der Waals surface area contributed by atoms with E-state index >= 15 is 0 Å². The molecule has 2 heterocycles. The molecule has 0 spiro atoms. The summed E-state index contributed by atoms with van der Waals surface area (Å²) < 4.78 is 5.14. The van der Waals surface area contributed by atoms with Gasteiger partial charge in [0.2, 0.25) is 0 Å². The third-order valence-corrected chi connectivity index (χ3v) is 16.4. The van der Waals surface area contributed by atoms with Crippen LogP contribution < -0.4 is 4.90 Å². The molecule has 0 radical (unpaired) electrons. The highest BCUT2D eigenvalue weighted by molar-refractivity contribution is 7.26. The van der Waals surface area contributed by atoms with Gasteiger partial charge in [-0.2, -0.15) is 0 Å². The molecule has 15 rings (SSSR count). The van der Waals surface area contributed by atoms with Crippen LogP contribution >= 0.6 is 11.3 Å². The van der Waals surface area contributed by atoms with Crippen LogP contribution in [-0.4, -0.2) is 4.57 Å². The number of rotatable bonds is 7. The predicted octanol–water partition coefficient (Wildman–Crippen LogP) is 20.2. The van der Waals surface area contributed by atoms with Gasteiger partial charge < -0.3 is 9.47 Å². The van der Waals surface area contributed by atoms with Crippen molar-refractivity contribution in [3.8, 4) is 39.1 Å². The van der Waals surface area contributed by atoms with Crippen LogP contribution in [0, 0.1) is 0 Å². The van der Waals surface area contributed by atoms with Gasteiger partial charge in [0.25, 0.3) is 0 Å². The van der Waals surface area contributed by atoms with Crippen molar-refractivity contribution in [3.63, 3.8) is 0 Å². The van der Waals surface area contributed by atoms with Crippen LogP contribution in [0.2, 0.25) is 0 Å². The second-order valence-corrected chi connectivity index (χ2v) is 20.2. The van der Waals surface area contributed by atoms with E-state index in [1.165, 1.54) is 118 Å². The number of nitrogens with zero attached hydrogens (tertiary/aromatic N) is 2. The van der Waals surface area contributed by atoms with E-state index in [1.54, 1.807) is 0 Å². The number of aromatic nitrogens is 1. The number of benzene rings is 13. The van der Waals surface area contributed by atoms with Crippen molar-refractivity contribution in [3.05, 3.63) is 267 Å². The molecule has 0 aliphatic heterocycles. The number of hydrogen-bond acceptors (Lipinski definition) is 2. The number of anilines is 3. The normalized spacial score (nSPS) is 11.8. The van der Waals surface area contributed by atoms with E-state index in [2.05, 4.69) is 276 Å². The smallest absolute Gasteiger partial charge is 0.0541 e. The fraction of sp³-hybridized carbons (Fsp3) is 0. The standard InChI is InChI=1S/C70H44N2S/c1-2-16-51(17-3-1)71(66-26-12-15-47-14-4-5-18-54(47)66)52-36-32-46(33-37-52)50-35-41-68-65(43-50)64-42-49(45-28-30-48(31-29-45)55-24-13-25-62-61-23-10-11-27-69(61)73-70(55)62)34-40-67(64)72(68)53-38-39-60-58-21-7-6-19-56(58)57-20-8-9-22-59(57)63(60)44-53/h1-44H. The van der Waals surface area contributed by atoms with E-state index in [-0.39, 0.29) is 0 Å². The summed E-state index contributed by atoms with van der Waals surface area (Å²) in [4.78, 5) is 2.37. The second-order valence-electron chi connectivity index (χ2n) is 19.2. The summed E-state index contributed by atoms with van der Waals surface area (Å²) >= 11 is 1.88. The zero-order valence-corrected chi connectivity index (χ0v) is 40.5. The fourth-order valence-electron chi connectivity index (χ4n) is 11.7. The summed E-state index contributed by atoms with van der Waals surface area (Å²) in [5.41, 5.74) is 14.1. The Kier molecular flexibility index (Phi) is 9.48. The molecule has 0 aliphatic rings. The van der Waals surface area contributed by atoms with Crippen molar-refractivity contribution in [2.75, 3.05) is 4.90 Å². The molecule has 0 bridgehead atoms. The molecular weight excluding hydrogens is 901 g/mol. The molecule has 340 valence electrons. The lowest BCUT2D eigenvalue weighted by atomic mass is 9.94. The Balaban J connectivity index is 0.880. The molecule has 0 amide bonds. The molecule has 3 heteroatoms. The fourth-order valence-corrected chi connectivity index (χ4v) is 13.0. The first kappa shape index (κ1) is 41.5. The predicted molar refractivity (Wildman–Crippen MR) is 315 cm³/mol. The van der Waals surface area contributed by atoms with Gasteiger partial charge in [0.05, 0.1) is 16.7 Å². The molecule has 0 saturated heterocycles. The molecule has 0 unspecified atom stereocenters. The van der Waals surface area contributed by atoms with Gasteiger partial charge in [-0.05, 0) is 144 Å². The lowest BCUT2D eigenvalue weighted by Crippen LogP contribution is -2.10. The molecule has 0 saturated carbocycles. The van der Waals surface area contributed by atoms with Crippen LogP contribution in [0.25, 0.3) is 124 Å². The van der Waals surface area contributed by atoms with Crippen LogP contribution in [0.4, 0.5) is 17.1 Å². The van der Waals surface area contributed by atoms with E-state index in [0.717, 1.165) is 22.7 Å². The molecule has 13 aromatic carbocycles. The first-order valence-corrected chi connectivity index (χ1v) is 25.9. The molecular formula is C70H44N2S. The number of fused-ring (bicyclic) bond motifs is 13. The van der Waals surface area contributed by atoms with Crippen molar-refractivity contribution in [1.82, 2.24) is 4.57 Å². The largest absolute Gasteiger partial charge is 0.310 e. The zero-order chi connectivity index (χ0) is 48.0. The van der Waals surface area contributed by atoms with Crippen LogP contribution in [-0.2, 0) is 0 Å². The summed E-state index contributed by atoms with van der Waals surface area (Å²) in [5, 5.41) is 15.2. The minimum Gasteiger partial charge on any atom is -0.310 e. The Bertz CT molecular complexity index is 4620. The Morgan fingerprint density at radius 2 is 0.781 bits per heavy atom. The molecule has 15 aromatic rings. The highest BCUT2D eigenvalue weighted by atomic mass is 32.1. The molecule has 2 aromatic heterocycles. The van der Waals surface area contributed by atoms with Gasteiger partial charge in [-0.3, -0.25) is 0 Å². The molecule has 2 nitrogen and oxygen atoms in total. The van der Waals surface area contributed by atoms with Gasteiger partial charge in [0.15, 0.2) is 0 Å². The highest BCUT2D eigenvalue weighted by Crippen LogP contribution is 2.44. The maximum Gasteiger partial charge on any atom is 0.0541 e. The van der Waals surface area contributed by atoms with Gasteiger partial charge in [-0.1, -0.05) is 194 Å². The average molecular weight is 945 g/mol. The van der Waals surface area contributed by atoms with Gasteiger partial charge in [-0.25, -0.2) is 0 Å². The number of thiophene rings is 1. The Labute approximate surface area is 426 Å². The van der Waals surface area contributed by atoms with Crippen molar-refractivity contribution in [2.24, 2.45) is 0 Å². The van der Waals surface area contributed by atoms with Crippen molar-refractivity contribution in [2.45, 2.75) is 0 Å². The molecule has 0 atom stereocenters. The van der Waals surface area contributed by atoms with E-state index in [9.17, 15) is 0 Å². The van der Waals surface area contributed by atoms with Crippen molar-refractivity contribution >= 4 is 113 Å². The van der Waals surface area contributed by atoms with Gasteiger partial charge in [0, 0.05) is 53.4 Å². The summed E-state index contributed by atoms with van der Waals surface area (Å²) in [6.07, 6.45) is 0. The summed E-state index contributed by atoms with van der Waals surface area (Å²) in [6, 6.07) is 98.5. The zero-order valence-electron chi connectivity index (χ0n) is 39.7. The van der Waals surface area contributed by atoms with Gasteiger partial charge in [0.1, 0.15) is 0 Å². The van der Waals surface area contributed by atoms with Crippen LogP contribution in [0.15, 0.2) is 267 Å². The van der Waals surface area contributed by atoms with E-state index in [1.807, 2.05) is 11.3 Å². The van der Waals surface area contributed by atoms with Gasteiger partial charge >= 0.3 is 0 Å². The SMILES string of the molecule is c1ccc(N(c2ccc(-c3ccc4c(c3)c3cc(-c5ccc(-c6cccc7c6sc6ccccc67)cc5)ccc3n4-c3ccc4c5ccccc5c5ccccc5c4c3)cc2)c2cccc3ccccc23)cc1. The molecule has 0 aliphatic carbocycles. The Hall–Kier alpha value is -9.28. The Morgan fingerprint density at radius 1 is 0.288 bits per heavy atom. The molecule has 0 N–H and O–H groups in total. The summed E-state index contributed by atoms with van der Waals surface area (Å²) in [6.45, 7) is 0. The van der Waals surface area contributed by atoms with Crippen LogP contribution in [0.5, 0.6) is 0 Å². The van der Waals surface area contributed by atoms with Crippen LogP contribution in [0.1, 0.15) is 0 Å². The first-order valence-electron chi connectivity index (χ1n) is 25.1. The minimum absolute atomic E-state index is 1.11. The van der Waals surface area contributed by atoms with E-state index in [4.69, 9.17) is 0 Å². The monoisotopic (exact) mass is 944 g/mol. The summed E-state index contributed by atoms with van der Waals surface area (Å²) in [5.74, 6) is 0. The highest BCUT2D eigenvalue weighted by Gasteiger charge is 2.19. The van der Waals surface area contributed by atoms with Crippen molar-refractivity contribution in [1.29, 1.82) is 0 Å². The van der Waals surface area contributed by atoms with E-state index < -0.39 is 0 Å². The third kappa shape index (κ3) is 6.70. The quantitative estimate of drug-likeness (QED) is 0.145. The Morgan fingerprint density at radius 3 is 1.47 bits per heavy atom. The molecule has 0 fully saturated rings. The van der Waals surface area contributed by atoms with Crippen LogP contribution in [0.3, 0.4) is 0 Å². The topological polar surface area (TPSA) is 8.17 Å². The van der Waals surface area contributed by atoms with Gasteiger partial charge in [-0.15, -0.1) is 11.3 Å². The van der Waals surface area contributed by atoms with Crippen molar-refractivity contribution < 1.29 is 0 Å². The first-order chi connectivity index (χ1) is 36.2. The van der Waals surface area contributed by atoms with E-state index in [0.29, 0.717) is 0 Å².